The molecule has 20 heavy (non-hydrogen) atoms. The standard InChI is InChI=1S/C17H28N2O/c1-13-6-7-14(2)15(10-13)11-17(20)16-12-18(3)8-5-9-19(16)4/h6-7,10,16-17,20H,5,8-9,11-12H2,1-4H3. The van der Waals surface area contributed by atoms with E-state index in [1.807, 2.05) is 0 Å². The lowest BCUT2D eigenvalue weighted by atomic mass is 9.96. The molecule has 2 unspecified atom stereocenters. The van der Waals surface area contributed by atoms with E-state index in [2.05, 4.69) is 55.9 Å². The van der Waals surface area contributed by atoms with Gasteiger partial charge in [-0.05, 0) is 58.6 Å². The van der Waals surface area contributed by atoms with Crippen LogP contribution in [0.1, 0.15) is 23.1 Å². The van der Waals surface area contributed by atoms with Crippen molar-refractivity contribution in [1.29, 1.82) is 0 Å². The van der Waals surface area contributed by atoms with Gasteiger partial charge in [-0.1, -0.05) is 23.8 Å². The van der Waals surface area contributed by atoms with Gasteiger partial charge < -0.3 is 10.0 Å². The van der Waals surface area contributed by atoms with E-state index in [1.165, 1.54) is 23.1 Å². The molecule has 0 aliphatic carbocycles. The normalized spacial score (nSPS) is 23.6. The molecule has 3 nitrogen and oxygen atoms in total. The SMILES string of the molecule is Cc1ccc(C)c(CC(O)C2CN(C)CCCN2C)c1. The van der Waals surface area contributed by atoms with Gasteiger partial charge in [0, 0.05) is 19.0 Å². The number of benzene rings is 1. The van der Waals surface area contributed by atoms with Gasteiger partial charge in [0.2, 0.25) is 0 Å². The van der Waals surface area contributed by atoms with E-state index in [0.29, 0.717) is 0 Å². The van der Waals surface area contributed by atoms with Crippen LogP contribution in [0.5, 0.6) is 0 Å². The minimum Gasteiger partial charge on any atom is -0.391 e. The Morgan fingerprint density at radius 1 is 1.25 bits per heavy atom. The molecule has 3 heteroatoms. The Morgan fingerprint density at radius 3 is 2.75 bits per heavy atom. The number of aliphatic hydroxyl groups is 1. The lowest BCUT2D eigenvalue weighted by Crippen LogP contribution is -2.47. The second kappa shape index (κ2) is 6.70. The number of rotatable bonds is 3. The first-order valence-corrected chi connectivity index (χ1v) is 7.60. The molecular weight excluding hydrogens is 248 g/mol. The molecule has 1 aromatic carbocycles. The predicted octanol–water partition coefficient (Wildman–Crippen LogP) is 1.84. The van der Waals surface area contributed by atoms with Gasteiger partial charge >= 0.3 is 0 Å². The number of hydrogen-bond donors (Lipinski definition) is 1. The summed E-state index contributed by atoms with van der Waals surface area (Å²) in [5.74, 6) is 0. The molecule has 1 saturated heterocycles. The van der Waals surface area contributed by atoms with Crippen molar-refractivity contribution in [2.75, 3.05) is 33.7 Å². The van der Waals surface area contributed by atoms with Crippen molar-refractivity contribution in [1.82, 2.24) is 9.80 Å². The van der Waals surface area contributed by atoms with Crippen molar-refractivity contribution >= 4 is 0 Å². The first kappa shape index (κ1) is 15.5. The second-order valence-electron chi connectivity index (χ2n) is 6.37. The third-order valence-electron chi connectivity index (χ3n) is 4.49. The van der Waals surface area contributed by atoms with E-state index in [4.69, 9.17) is 0 Å². The molecule has 0 radical (unpaired) electrons. The molecule has 112 valence electrons. The van der Waals surface area contributed by atoms with Crippen LogP contribution in [0.15, 0.2) is 18.2 Å². The maximum absolute atomic E-state index is 10.7. The fourth-order valence-electron chi connectivity index (χ4n) is 3.10. The Balaban J connectivity index is 2.09. The number of hydrogen-bond acceptors (Lipinski definition) is 3. The van der Waals surface area contributed by atoms with Gasteiger partial charge in [-0.2, -0.15) is 0 Å². The van der Waals surface area contributed by atoms with Crippen LogP contribution in [0.4, 0.5) is 0 Å². The quantitative estimate of drug-likeness (QED) is 0.912. The molecule has 1 heterocycles. The minimum atomic E-state index is -0.305. The van der Waals surface area contributed by atoms with Crippen LogP contribution in [0, 0.1) is 13.8 Å². The minimum absolute atomic E-state index is 0.224. The maximum Gasteiger partial charge on any atom is 0.0748 e. The van der Waals surface area contributed by atoms with Crippen molar-refractivity contribution in [2.45, 2.75) is 38.8 Å². The smallest absolute Gasteiger partial charge is 0.0748 e. The average Bonchev–Trinajstić information content (AvgIpc) is 2.55. The highest BCUT2D eigenvalue weighted by molar-refractivity contribution is 5.31. The topological polar surface area (TPSA) is 26.7 Å². The summed E-state index contributed by atoms with van der Waals surface area (Å²) in [6.45, 7) is 7.38. The van der Waals surface area contributed by atoms with Gasteiger partial charge in [-0.15, -0.1) is 0 Å². The second-order valence-corrected chi connectivity index (χ2v) is 6.37. The summed E-state index contributed by atoms with van der Waals surface area (Å²) in [5.41, 5.74) is 3.82. The van der Waals surface area contributed by atoms with Crippen LogP contribution in [0.2, 0.25) is 0 Å². The monoisotopic (exact) mass is 276 g/mol. The Bertz CT molecular complexity index is 447. The summed E-state index contributed by atoms with van der Waals surface area (Å²) in [7, 11) is 4.28. The Kier molecular flexibility index (Phi) is 5.19. The van der Waals surface area contributed by atoms with E-state index in [9.17, 15) is 5.11 Å². The van der Waals surface area contributed by atoms with E-state index in [0.717, 1.165) is 26.1 Å². The van der Waals surface area contributed by atoms with Crippen LogP contribution in [0.25, 0.3) is 0 Å². The zero-order valence-electron chi connectivity index (χ0n) is 13.3. The summed E-state index contributed by atoms with van der Waals surface area (Å²) >= 11 is 0. The van der Waals surface area contributed by atoms with Crippen molar-refractivity contribution < 1.29 is 5.11 Å². The number of aryl methyl sites for hydroxylation is 2. The van der Waals surface area contributed by atoms with Crippen LogP contribution in [-0.4, -0.2) is 60.8 Å². The molecule has 0 amide bonds. The first-order chi connectivity index (χ1) is 9.47. The largest absolute Gasteiger partial charge is 0.391 e. The summed E-state index contributed by atoms with van der Waals surface area (Å²) in [6.07, 6.45) is 1.62. The first-order valence-electron chi connectivity index (χ1n) is 7.60. The van der Waals surface area contributed by atoms with Gasteiger partial charge in [0.1, 0.15) is 0 Å². The van der Waals surface area contributed by atoms with Gasteiger partial charge in [0.15, 0.2) is 0 Å². The zero-order chi connectivity index (χ0) is 14.7. The summed E-state index contributed by atoms with van der Waals surface area (Å²) < 4.78 is 0. The predicted molar refractivity (Wildman–Crippen MR) is 84.2 cm³/mol. The Labute approximate surface area is 123 Å². The van der Waals surface area contributed by atoms with E-state index in [1.54, 1.807) is 0 Å². The maximum atomic E-state index is 10.7. The lowest BCUT2D eigenvalue weighted by molar-refractivity contribution is 0.0580. The van der Waals surface area contributed by atoms with Crippen LogP contribution in [-0.2, 0) is 6.42 Å². The van der Waals surface area contributed by atoms with Crippen molar-refractivity contribution in [3.63, 3.8) is 0 Å². The fourth-order valence-corrected chi connectivity index (χ4v) is 3.10. The molecule has 2 atom stereocenters. The van der Waals surface area contributed by atoms with E-state index < -0.39 is 0 Å². The molecule has 0 saturated carbocycles. The Hall–Kier alpha value is -0.900. The number of nitrogens with zero attached hydrogens (tertiary/aromatic N) is 2. The molecule has 1 aromatic rings. The van der Waals surface area contributed by atoms with E-state index >= 15 is 0 Å². The van der Waals surface area contributed by atoms with E-state index in [-0.39, 0.29) is 12.1 Å². The molecule has 1 aliphatic heterocycles. The third kappa shape index (κ3) is 3.81. The average molecular weight is 276 g/mol. The van der Waals surface area contributed by atoms with Crippen LogP contribution < -0.4 is 0 Å². The van der Waals surface area contributed by atoms with Gasteiger partial charge in [0.25, 0.3) is 0 Å². The van der Waals surface area contributed by atoms with Crippen molar-refractivity contribution in [3.05, 3.63) is 34.9 Å². The van der Waals surface area contributed by atoms with Crippen LogP contribution in [0.3, 0.4) is 0 Å². The van der Waals surface area contributed by atoms with Gasteiger partial charge in [-0.25, -0.2) is 0 Å². The molecule has 0 bridgehead atoms. The lowest BCUT2D eigenvalue weighted by Gasteiger charge is -2.32. The molecule has 1 aliphatic rings. The summed E-state index contributed by atoms with van der Waals surface area (Å²) in [4.78, 5) is 4.65. The molecule has 0 aromatic heterocycles. The number of aliphatic hydroxyl groups excluding tert-OH is 1. The number of likely N-dealkylation sites (N-methyl/N-ethyl adjacent to an activating group) is 2. The van der Waals surface area contributed by atoms with Gasteiger partial charge in [-0.3, -0.25) is 4.90 Å². The van der Waals surface area contributed by atoms with Crippen molar-refractivity contribution in [3.8, 4) is 0 Å². The third-order valence-corrected chi connectivity index (χ3v) is 4.49. The van der Waals surface area contributed by atoms with Crippen LogP contribution >= 0.6 is 0 Å². The van der Waals surface area contributed by atoms with Gasteiger partial charge in [0.05, 0.1) is 6.10 Å². The summed E-state index contributed by atoms with van der Waals surface area (Å²) in [5, 5.41) is 10.7. The summed E-state index contributed by atoms with van der Waals surface area (Å²) in [6, 6.07) is 6.72. The Morgan fingerprint density at radius 2 is 2.00 bits per heavy atom. The molecular formula is C17H28N2O. The zero-order valence-corrected chi connectivity index (χ0v) is 13.3. The van der Waals surface area contributed by atoms with Crippen molar-refractivity contribution in [2.24, 2.45) is 0 Å². The molecule has 0 spiro atoms. The fraction of sp³-hybridized carbons (Fsp3) is 0.647. The highest BCUT2D eigenvalue weighted by Crippen LogP contribution is 2.17. The molecule has 1 N–H and O–H groups in total. The molecule has 1 fully saturated rings. The highest BCUT2D eigenvalue weighted by Gasteiger charge is 2.27. The molecule has 2 rings (SSSR count). The highest BCUT2D eigenvalue weighted by atomic mass is 16.3.